The summed E-state index contributed by atoms with van der Waals surface area (Å²) in [6.45, 7) is 14.5. The van der Waals surface area contributed by atoms with E-state index in [9.17, 15) is 15.3 Å². The monoisotopic (exact) mass is 448 g/mol. The Hall–Kier alpha value is -0.120. The van der Waals surface area contributed by atoms with Gasteiger partial charge in [0.05, 0.1) is 17.8 Å². The van der Waals surface area contributed by atoms with Crippen LogP contribution in [0.2, 0.25) is 0 Å². The average Bonchev–Trinajstić information content (AvgIpc) is 3.08. The SMILES string of the molecule is CCC(CC[C@@H](C)[C@H]1CC[C@H]2[C@@H]3C[C@H](O)[C@@]4(O)C[C@@H](O)CC[C@]4(C)[C@H]3CC[C@]12C)C(C)C. The predicted octanol–water partition coefficient (Wildman–Crippen LogP) is 6.19. The summed E-state index contributed by atoms with van der Waals surface area (Å²) in [5.74, 6) is 4.92. The zero-order valence-corrected chi connectivity index (χ0v) is 21.8. The molecule has 0 aromatic carbocycles. The Morgan fingerprint density at radius 1 is 0.906 bits per heavy atom. The molecule has 4 rings (SSSR count). The molecule has 0 bridgehead atoms. The van der Waals surface area contributed by atoms with Crippen LogP contribution in [-0.4, -0.2) is 33.1 Å². The fourth-order valence-corrected chi connectivity index (χ4v) is 9.92. The summed E-state index contributed by atoms with van der Waals surface area (Å²) >= 11 is 0. The van der Waals surface area contributed by atoms with E-state index in [1.54, 1.807) is 0 Å². The van der Waals surface area contributed by atoms with Crippen molar-refractivity contribution in [2.24, 2.45) is 52.3 Å². The molecule has 4 aliphatic carbocycles. The summed E-state index contributed by atoms with van der Waals surface area (Å²) in [6, 6.07) is 0. The van der Waals surface area contributed by atoms with E-state index in [0.717, 1.165) is 42.9 Å². The van der Waals surface area contributed by atoms with Gasteiger partial charge in [0, 0.05) is 11.8 Å². The summed E-state index contributed by atoms with van der Waals surface area (Å²) in [7, 11) is 0. The number of fused-ring (bicyclic) bond motifs is 5. The summed E-state index contributed by atoms with van der Waals surface area (Å²) in [5.41, 5.74) is -0.984. The minimum absolute atomic E-state index is 0.259. The van der Waals surface area contributed by atoms with E-state index in [-0.39, 0.29) is 5.41 Å². The fourth-order valence-electron chi connectivity index (χ4n) is 9.92. The Morgan fingerprint density at radius 3 is 2.28 bits per heavy atom. The topological polar surface area (TPSA) is 60.7 Å². The van der Waals surface area contributed by atoms with Gasteiger partial charge in [0.2, 0.25) is 0 Å². The summed E-state index contributed by atoms with van der Waals surface area (Å²) in [4.78, 5) is 0. The lowest BCUT2D eigenvalue weighted by Crippen LogP contribution is -2.68. The Bertz CT molecular complexity index is 663. The zero-order valence-electron chi connectivity index (χ0n) is 21.8. The van der Waals surface area contributed by atoms with E-state index in [4.69, 9.17) is 0 Å². The first-order chi connectivity index (χ1) is 15.0. The van der Waals surface area contributed by atoms with E-state index >= 15 is 0 Å². The highest BCUT2D eigenvalue weighted by Crippen LogP contribution is 2.69. The van der Waals surface area contributed by atoms with Crippen LogP contribution in [0.15, 0.2) is 0 Å². The highest BCUT2D eigenvalue weighted by molar-refractivity contribution is 5.17. The summed E-state index contributed by atoms with van der Waals surface area (Å²) < 4.78 is 0. The molecule has 11 atom stereocenters. The Balaban J connectivity index is 1.51. The third kappa shape index (κ3) is 3.72. The Morgan fingerprint density at radius 2 is 1.62 bits per heavy atom. The molecule has 3 nitrogen and oxygen atoms in total. The van der Waals surface area contributed by atoms with Gasteiger partial charge in [0.25, 0.3) is 0 Å². The van der Waals surface area contributed by atoms with Gasteiger partial charge in [0.1, 0.15) is 0 Å². The number of hydrogen-bond acceptors (Lipinski definition) is 3. The molecule has 32 heavy (non-hydrogen) atoms. The third-order valence-corrected chi connectivity index (χ3v) is 12.1. The van der Waals surface area contributed by atoms with Crippen LogP contribution in [0.5, 0.6) is 0 Å². The Kier molecular flexibility index (Phi) is 6.89. The van der Waals surface area contributed by atoms with Gasteiger partial charge in [-0.2, -0.15) is 0 Å². The lowest BCUT2D eigenvalue weighted by Gasteiger charge is -2.65. The first kappa shape index (κ1) is 25.0. The van der Waals surface area contributed by atoms with Gasteiger partial charge in [-0.1, -0.05) is 54.4 Å². The minimum atomic E-state index is -1.11. The van der Waals surface area contributed by atoms with Gasteiger partial charge >= 0.3 is 0 Å². The molecule has 3 N–H and O–H groups in total. The van der Waals surface area contributed by atoms with Crippen LogP contribution in [0.1, 0.15) is 112 Å². The lowest BCUT2D eigenvalue weighted by molar-refractivity contribution is -0.264. The second-order valence-electron chi connectivity index (χ2n) is 13.6. The van der Waals surface area contributed by atoms with Crippen LogP contribution in [0.3, 0.4) is 0 Å². The van der Waals surface area contributed by atoms with Gasteiger partial charge in [-0.25, -0.2) is 0 Å². The second-order valence-corrected chi connectivity index (χ2v) is 13.6. The molecule has 0 amide bonds. The fraction of sp³-hybridized carbons (Fsp3) is 1.00. The molecule has 0 heterocycles. The zero-order chi connectivity index (χ0) is 23.5. The number of aliphatic hydroxyl groups excluding tert-OH is 2. The molecule has 0 saturated heterocycles. The van der Waals surface area contributed by atoms with Crippen molar-refractivity contribution in [1.29, 1.82) is 0 Å². The van der Waals surface area contributed by atoms with Gasteiger partial charge in [-0.3, -0.25) is 0 Å². The summed E-state index contributed by atoms with van der Waals surface area (Å²) in [5, 5.41) is 33.2. The maximum Gasteiger partial charge on any atom is 0.0985 e. The number of aliphatic hydroxyl groups is 3. The van der Waals surface area contributed by atoms with Gasteiger partial charge in [-0.15, -0.1) is 0 Å². The highest BCUT2D eigenvalue weighted by atomic mass is 16.3. The van der Waals surface area contributed by atoms with Crippen molar-refractivity contribution in [3.05, 3.63) is 0 Å². The van der Waals surface area contributed by atoms with E-state index in [2.05, 4.69) is 41.5 Å². The Labute approximate surface area is 197 Å². The molecule has 0 radical (unpaired) electrons. The van der Waals surface area contributed by atoms with Crippen LogP contribution in [0.4, 0.5) is 0 Å². The van der Waals surface area contributed by atoms with Crippen molar-refractivity contribution in [2.75, 3.05) is 0 Å². The molecular formula is C29H52O3. The molecule has 186 valence electrons. The summed E-state index contributed by atoms with van der Waals surface area (Å²) in [6.07, 6.45) is 10.7. The molecule has 4 saturated carbocycles. The molecule has 0 spiro atoms. The maximum absolute atomic E-state index is 11.7. The second kappa shape index (κ2) is 8.83. The molecule has 3 heteroatoms. The first-order valence-electron chi connectivity index (χ1n) is 14.1. The normalized spacial score (nSPS) is 50.4. The maximum atomic E-state index is 11.7. The molecule has 0 aliphatic heterocycles. The van der Waals surface area contributed by atoms with Crippen LogP contribution in [0, 0.1) is 52.3 Å². The average molecular weight is 449 g/mol. The van der Waals surface area contributed by atoms with E-state index in [1.165, 1.54) is 44.9 Å². The smallest absolute Gasteiger partial charge is 0.0985 e. The van der Waals surface area contributed by atoms with Gasteiger partial charge < -0.3 is 15.3 Å². The molecule has 0 aromatic heterocycles. The van der Waals surface area contributed by atoms with Crippen LogP contribution < -0.4 is 0 Å². The van der Waals surface area contributed by atoms with Crippen molar-refractivity contribution >= 4 is 0 Å². The highest BCUT2D eigenvalue weighted by Gasteiger charge is 2.67. The van der Waals surface area contributed by atoms with Crippen molar-refractivity contribution in [1.82, 2.24) is 0 Å². The largest absolute Gasteiger partial charge is 0.393 e. The van der Waals surface area contributed by atoms with Gasteiger partial charge in [0.15, 0.2) is 0 Å². The van der Waals surface area contributed by atoms with E-state index < -0.39 is 17.8 Å². The van der Waals surface area contributed by atoms with Crippen molar-refractivity contribution in [2.45, 2.75) is 130 Å². The van der Waals surface area contributed by atoms with E-state index in [1.807, 2.05) is 0 Å². The third-order valence-electron chi connectivity index (χ3n) is 12.1. The molecular weight excluding hydrogens is 396 g/mol. The number of hydrogen-bond donors (Lipinski definition) is 3. The van der Waals surface area contributed by atoms with Crippen LogP contribution in [0.25, 0.3) is 0 Å². The van der Waals surface area contributed by atoms with Crippen molar-refractivity contribution in [3.8, 4) is 0 Å². The predicted molar refractivity (Wildman–Crippen MR) is 131 cm³/mol. The lowest BCUT2D eigenvalue weighted by atomic mass is 9.42. The van der Waals surface area contributed by atoms with Crippen LogP contribution in [-0.2, 0) is 0 Å². The van der Waals surface area contributed by atoms with Crippen LogP contribution >= 0.6 is 0 Å². The van der Waals surface area contributed by atoms with E-state index in [0.29, 0.717) is 29.6 Å². The molecule has 4 aliphatic rings. The molecule has 1 unspecified atom stereocenters. The first-order valence-corrected chi connectivity index (χ1v) is 14.1. The molecule has 4 fully saturated rings. The minimum Gasteiger partial charge on any atom is -0.393 e. The van der Waals surface area contributed by atoms with Crippen molar-refractivity contribution in [3.63, 3.8) is 0 Å². The van der Waals surface area contributed by atoms with Crippen molar-refractivity contribution < 1.29 is 15.3 Å². The number of rotatable bonds is 6. The van der Waals surface area contributed by atoms with Gasteiger partial charge in [-0.05, 0) is 98.2 Å². The quantitative estimate of drug-likeness (QED) is 0.454. The molecule has 0 aromatic rings. The standard InChI is InChI=1S/C29H52O3/c1-7-20(18(2)3)9-8-19(4)23-10-11-24-22-16-26(31)29(32)17-21(30)12-15-28(29,6)25(22)13-14-27(23,24)5/h18-26,30-32H,7-17H2,1-6H3/t19-,20?,21+,22+,23-,24+,25+,26+,27-,28-,29+/m1/s1.